The van der Waals surface area contributed by atoms with Crippen LogP contribution in [0, 0.1) is 11.6 Å². The van der Waals surface area contributed by atoms with E-state index in [4.69, 9.17) is 0 Å². The maximum Gasteiger partial charge on any atom is 0.315 e. The molecular formula is C17H15F2N3O2. The van der Waals surface area contributed by atoms with E-state index in [0.717, 1.165) is 0 Å². The summed E-state index contributed by atoms with van der Waals surface area (Å²) in [6.45, 7) is 0.185. The largest absolute Gasteiger partial charge is 0.343 e. The highest BCUT2D eigenvalue weighted by atomic mass is 19.1. The number of carbonyl (C=O) groups is 2. The highest BCUT2D eigenvalue weighted by Crippen LogP contribution is 2.23. The van der Waals surface area contributed by atoms with Crippen molar-refractivity contribution in [2.24, 2.45) is 0 Å². The Morgan fingerprint density at radius 3 is 1.92 bits per heavy atom. The van der Waals surface area contributed by atoms with Gasteiger partial charge in [-0.05, 0) is 35.4 Å². The molecule has 2 aromatic carbocycles. The van der Waals surface area contributed by atoms with E-state index in [0.29, 0.717) is 11.1 Å². The van der Waals surface area contributed by atoms with Crippen molar-refractivity contribution in [3.05, 3.63) is 71.3 Å². The number of hydrogen-bond acceptors (Lipinski definition) is 2. The molecule has 0 spiro atoms. The van der Waals surface area contributed by atoms with Crippen molar-refractivity contribution in [2.75, 3.05) is 6.54 Å². The fourth-order valence-electron chi connectivity index (χ4n) is 2.53. The lowest BCUT2D eigenvalue weighted by Crippen LogP contribution is -2.44. The van der Waals surface area contributed by atoms with Crippen molar-refractivity contribution in [1.82, 2.24) is 16.0 Å². The van der Waals surface area contributed by atoms with E-state index in [1.54, 1.807) is 24.3 Å². The van der Waals surface area contributed by atoms with Gasteiger partial charge >= 0.3 is 6.03 Å². The van der Waals surface area contributed by atoms with Crippen LogP contribution in [0.4, 0.5) is 13.6 Å². The van der Waals surface area contributed by atoms with Crippen LogP contribution in [0.5, 0.6) is 0 Å². The smallest absolute Gasteiger partial charge is 0.315 e. The first-order valence-corrected chi connectivity index (χ1v) is 7.38. The summed E-state index contributed by atoms with van der Waals surface area (Å²) in [4.78, 5) is 23.5. The Bertz CT molecular complexity index is 702. The fraction of sp³-hybridized carbons (Fsp3) is 0.176. The van der Waals surface area contributed by atoms with Crippen molar-refractivity contribution in [1.29, 1.82) is 0 Å². The summed E-state index contributed by atoms with van der Waals surface area (Å²) >= 11 is 0. The van der Waals surface area contributed by atoms with E-state index >= 15 is 0 Å². The third-order valence-corrected chi connectivity index (χ3v) is 3.78. The van der Waals surface area contributed by atoms with Crippen molar-refractivity contribution in [3.63, 3.8) is 0 Å². The normalized spacial score (nSPS) is 16.6. The van der Waals surface area contributed by atoms with Gasteiger partial charge in [0.15, 0.2) is 0 Å². The van der Waals surface area contributed by atoms with Gasteiger partial charge in [-0.2, -0.15) is 0 Å². The van der Waals surface area contributed by atoms with Gasteiger partial charge in [0.1, 0.15) is 17.7 Å². The minimum Gasteiger partial charge on any atom is -0.343 e. The standard InChI is InChI=1S/C17H15F2N3O2/c18-12-5-1-10(2-6-12)15(11-3-7-13(19)8-4-11)22-16(23)14-9-20-17(24)21-14/h1-8,14-15H,9H2,(H,22,23)(H2,20,21,24). The molecule has 0 bridgehead atoms. The van der Waals surface area contributed by atoms with Gasteiger partial charge < -0.3 is 16.0 Å². The molecule has 0 saturated carbocycles. The molecule has 3 rings (SSSR count). The molecule has 1 saturated heterocycles. The van der Waals surface area contributed by atoms with E-state index in [9.17, 15) is 18.4 Å². The van der Waals surface area contributed by atoms with Crippen LogP contribution in [0.15, 0.2) is 48.5 Å². The molecule has 1 fully saturated rings. The van der Waals surface area contributed by atoms with Gasteiger partial charge in [0.25, 0.3) is 0 Å². The van der Waals surface area contributed by atoms with E-state index in [-0.39, 0.29) is 12.5 Å². The molecule has 1 aliphatic heterocycles. The second-order valence-corrected chi connectivity index (χ2v) is 5.45. The molecule has 3 amide bonds. The van der Waals surface area contributed by atoms with Crippen molar-refractivity contribution in [2.45, 2.75) is 12.1 Å². The van der Waals surface area contributed by atoms with E-state index in [1.807, 2.05) is 0 Å². The maximum atomic E-state index is 13.2. The number of rotatable bonds is 4. The minimum atomic E-state index is -0.694. The predicted octanol–water partition coefficient (Wildman–Crippen LogP) is 1.85. The van der Waals surface area contributed by atoms with Crippen LogP contribution in [-0.2, 0) is 4.79 Å². The molecular weight excluding hydrogens is 316 g/mol. The van der Waals surface area contributed by atoms with Crippen LogP contribution in [-0.4, -0.2) is 24.5 Å². The summed E-state index contributed by atoms with van der Waals surface area (Å²) in [6, 6.07) is 9.67. The zero-order valence-electron chi connectivity index (χ0n) is 12.6. The Labute approximate surface area is 137 Å². The van der Waals surface area contributed by atoms with Gasteiger partial charge in [-0.3, -0.25) is 4.79 Å². The number of halogens is 2. The van der Waals surface area contributed by atoms with Gasteiger partial charge in [-0.15, -0.1) is 0 Å². The van der Waals surface area contributed by atoms with Crippen LogP contribution < -0.4 is 16.0 Å². The lowest BCUT2D eigenvalue weighted by molar-refractivity contribution is -0.122. The van der Waals surface area contributed by atoms with Crippen LogP contribution in [0.25, 0.3) is 0 Å². The summed E-state index contributed by atoms with van der Waals surface area (Å²) < 4.78 is 26.3. The molecule has 0 aliphatic carbocycles. The average molecular weight is 331 g/mol. The van der Waals surface area contributed by atoms with Gasteiger partial charge in [0.05, 0.1) is 6.04 Å². The van der Waals surface area contributed by atoms with Crippen LogP contribution >= 0.6 is 0 Å². The fourth-order valence-corrected chi connectivity index (χ4v) is 2.53. The number of hydrogen-bond donors (Lipinski definition) is 3. The highest BCUT2D eigenvalue weighted by molar-refractivity contribution is 5.90. The van der Waals surface area contributed by atoms with Gasteiger partial charge in [-0.25, -0.2) is 13.6 Å². The first-order chi connectivity index (χ1) is 11.5. The molecule has 24 heavy (non-hydrogen) atoms. The number of benzene rings is 2. The number of nitrogens with one attached hydrogen (secondary N) is 3. The Hall–Kier alpha value is -2.96. The zero-order valence-corrected chi connectivity index (χ0v) is 12.6. The maximum absolute atomic E-state index is 13.2. The van der Waals surface area contributed by atoms with Gasteiger partial charge in [-0.1, -0.05) is 24.3 Å². The first kappa shape index (κ1) is 15.9. The number of carbonyl (C=O) groups excluding carboxylic acids is 2. The Balaban J connectivity index is 1.86. The third kappa shape index (κ3) is 3.51. The summed E-state index contributed by atoms with van der Waals surface area (Å²) in [7, 11) is 0. The summed E-state index contributed by atoms with van der Waals surface area (Å²) in [5.41, 5.74) is 1.29. The topological polar surface area (TPSA) is 70.2 Å². The Morgan fingerprint density at radius 2 is 1.50 bits per heavy atom. The quantitative estimate of drug-likeness (QED) is 0.800. The van der Waals surface area contributed by atoms with Gasteiger partial charge in [0, 0.05) is 6.54 Å². The van der Waals surface area contributed by atoms with E-state index in [2.05, 4.69) is 16.0 Å². The molecule has 5 nitrogen and oxygen atoms in total. The van der Waals surface area contributed by atoms with Crippen LogP contribution in [0.2, 0.25) is 0 Å². The van der Waals surface area contributed by atoms with Crippen molar-refractivity contribution >= 4 is 11.9 Å². The SMILES string of the molecule is O=C1NCC(C(=O)NC(c2ccc(F)cc2)c2ccc(F)cc2)N1. The van der Waals surface area contributed by atoms with E-state index < -0.39 is 29.7 Å². The lowest BCUT2D eigenvalue weighted by Gasteiger charge is -2.21. The average Bonchev–Trinajstić information content (AvgIpc) is 3.01. The molecule has 1 aliphatic rings. The van der Waals surface area contributed by atoms with Crippen molar-refractivity contribution in [3.8, 4) is 0 Å². The van der Waals surface area contributed by atoms with Crippen LogP contribution in [0.1, 0.15) is 17.2 Å². The monoisotopic (exact) mass is 331 g/mol. The molecule has 1 atom stereocenters. The number of amides is 3. The minimum absolute atomic E-state index is 0.185. The molecule has 0 radical (unpaired) electrons. The van der Waals surface area contributed by atoms with Crippen molar-refractivity contribution < 1.29 is 18.4 Å². The highest BCUT2D eigenvalue weighted by Gasteiger charge is 2.29. The predicted molar refractivity (Wildman–Crippen MR) is 83.1 cm³/mol. The molecule has 2 aromatic rings. The summed E-state index contributed by atoms with van der Waals surface area (Å²) in [6.07, 6.45) is 0. The molecule has 7 heteroatoms. The molecule has 0 aromatic heterocycles. The second-order valence-electron chi connectivity index (χ2n) is 5.45. The first-order valence-electron chi connectivity index (χ1n) is 7.38. The molecule has 124 valence electrons. The number of urea groups is 1. The summed E-state index contributed by atoms with van der Waals surface area (Å²) in [5.74, 6) is -1.17. The van der Waals surface area contributed by atoms with Crippen LogP contribution in [0.3, 0.4) is 0 Å². The second kappa shape index (κ2) is 6.66. The third-order valence-electron chi connectivity index (χ3n) is 3.78. The Morgan fingerprint density at radius 1 is 1.00 bits per heavy atom. The lowest BCUT2D eigenvalue weighted by atomic mass is 9.98. The summed E-state index contributed by atoms with van der Waals surface area (Å²) in [5, 5.41) is 7.82. The van der Waals surface area contributed by atoms with E-state index in [1.165, 1.54) is 24.3 Å². The Kier molecular flexibility index (Phi) is 4.41. The molecule has 3 N–H and O–H groups in total. The molecule has 1 unspecified atom stereocenters. The molecule has 1 heterocycles. The van der Waals surface area contributed by atoms with Gasteiger partial charge in [0.2, 0.25) is 5.91 Å². The zero-order chi connectivity index (χ0) is 17.1.